The second-order valence-corrected chi connectivity index (χ2v) is 8.00. The van der Waals surface area contributed by atoms with Crippen LogP contribution in [0.3, 0.4) is 0 Å². The van der Waals surface area contributed by atoms with Crippen molar-refractivity contribution in [2.75, 3.05) is 13.1 Å². The van der Waals surface area contributed by atoms with Crippen LogP contribution in [-0.4, -0.2) is 33.6 Å². The van der Waals surface area contributed by atoms with E-state index in [0.717, 1.165) is 48.9 Å². The van der Waals surface area contributed by atoms with Crippen LogP contribution in [0.25, 0.3) is 11.0 Å². The van der Waals surface area contributed by atoms with Crippen LogP contribution in [0.1, 0.15) is 57.1 Å². The topological polar surface area (TPSA) is 41.0 Å². The van der Waals surface area contributed by atoms with Gasteiger partial charge in [-0.2, -0.15) is 0 Å². The molecule has 24 heavy (non-hydrogen) atoms. The summed E-state index contributed by atoms with van der Waals surface area (Å²) in [6.45, 7) is 6.74. The van der Waals surface area contributed by atoms with Crippen LogP contribution >= 0.6 is 0 Å². The second kappa shape index (κ2) is 6.40. The number of likely N-dealkylation sites (tertiary alicyclic amines) is 1. The number of nitrogens with one attached hydrogen (secondary N) is 1. The van der Waals surface area contributed by atoms with E-state index in [1.165, 1.54) is 31.2 Å². The maximum atomic E-state index is 12.5. The zero-order valence-electron chi connectivity index (χ0n) is 14.9. The van der Waals surface area contributed by atoms with Crippen LogP contribution in [0, 0.1) is 12.8 Å². The highest BCUT2D eigenvalue weighted by molar-refractivity contribution is 5.76. The Labute approximate surface area is 143 Å². The molecule has 2 aromatic rings. The summed E-state index contributed by atoms with van der Waals surface area (Å²) in [5.41, 5.74) is 3.31. The van der Waals surface area contributed by atoms with Crippen LogP contribution in [0.4, 0.5) is 0 Å². The van der Waals surface area contributed by atoms with E-state index in [-0.39, 0.29) is 5.69 Å². The van der Waals surface area contributed by atoms with Gasteiger partial charge in [-0.05, 0) is 69.1 Å². The van der Waals surface area contributed by atoms with E-state index >= 15 is 0 Å². The fourth-order valence-corrected chi connectivity index (χ4v) is 4.71. The number of hydrogen-bond donors (Lipinski definition) is 1. The summed E-state index contributed by atoms with van der Waals surface area (Å²) in [4.78, 5) is 18.2. The highest BCUT2D eigenvalue weighted by Crippen LogP contribution is 2.31. The smallest absolute Gasteiger partial charge is 0.306 e. The van der Waals surface area contributed by atoms with E-state index in [1.54, 1.807) is 0 Å². The summed E-state index contributed by atoms with van der Waals surface area (Å²) in [7, 11) is 0. The molecular weight excluding hydrogens is 298 g/mol. The van der Waals surface area contributed by atoms with Crippen molar-refractivity contribution in [3.63, 3.8) is 0 Å². The maximum absolute atomic E-state index is 12.5. The highest BCUT2D eigenvalue weighted by Gasteiger charge is 2.29. The molecule has 1 aliphatic carbocycles. The van der Waals surface area contributed by atoms with E-state index in [0.29, 0.717) is 6.04 Å². The van der Waals surface area contributed by atoms with Gasteiger partial charge in [0.1, 0.15) is 0 Å². The number of hydrogen-bond acceptors (Lipinski definition) is 2. The van der Waals surface area contributed by atoms with Gasteiger partial charge in [-0.1, -0.05) is 13.0 Å². The Kier molecular flexibility index (Phi) is 4.25. The van der Waals surface area contributed by atoms with Crippen molar-refractivity contribution >= 4 is 11.0 Å². The van der Waals surface area contributed by atoms with Crippen molar-refractivity contribution < 1.29 is 0 Å². The Morgan fingerprint density at radius 2 is 1.71 bits per heavy atom. The molecule has 0 spiro atoms. The van der Waals surface area contributed by atoms with Crippen molar-refractivity contribution in [1.82, 2.24) is 14.5 Å². The number of aromatic amines is 1. The van der Waals surface area contributed by atoms with Gasteiger partial charge in [0.15, 0.2) is 0 Å². The Morgan fingerprint density at radius 1 is 1.00 bits per heavy atom. The molecule has 2 heterocycles. The molecule has 1 saturated heterocycles. The number of fused-ring (bicyclic) bond motifs is 1. The van der Waals surface area contributed by atoms with Crippen molar-refractivity contribution in [2.24, 2.45) is 5.92 Å². The fraction of sp³-hybridized carbons (Fsp3) is 0.650. The van der Waals surface area contributed by atoms with Crippen LogP contribution in [0.5, 0.6) is 0 Å². The Morgan fingerprint density at radius 3 is 2.42 bits per heavy atom. The van der Waals surface area contributed by atoms with Gasteiger partial charge in [0, 0.05) is 25.2 Å². The second-order valence-electron chi connectivity index (χ2n) is 8.00. The molecule has 2 fully saturated rings. The van der Waals surface area contributed by atoms with Gasteiger partial charge >= 0.3 is 5.69 Å². The van der Waals surface area contributed by atoms with Crippen LogP contribution in [-0.2, 0) is 0 Å². The average molecular weight is 327 g/mol. The molecule has 4 rings (SSSR count). The van der Waals surface area contributed by atoms with Crippen LogP contribution in [0.2, 0.25) is 0 Å². The molecule has 0 unspecified atom stereocenters. The first-order chi connectivity index (χ1) is 11.6. The summed E-state index contributed by atoms with van der Waals surface area (Å²) in [6.07, 6.45) is 7.66. The first-order valence-electron chi connectivity index (χ1n) is 9.57. The summed E-state index contributed by atoms with van der Waals surface area (Å²) in [6, 6.07) is 7.36. The molecule has 1 saturated carbocycles. The molecule has 130 valence electrons. The van der Waals surface area contributed by atoms with Gasteiger partial charge in [-0.25, -0.2) is 4.79 Å². The quantitative estimate of drug-likeness (QED) is 0.910. The summed E-state index contributed by atoms with van der Waals surface area (Å²) in [5, 5.41) is 0. The maximum Gasteiger partial charge on any atom is 0.326 e. The van der Waals surface area contributed by atoms with Crippen LogP contribution < -0.4 is 5.69 Å². The molecule has 0 amide bonds. The Bertz CT molecular complexity index is 759. The lowest BCUT2D eigenvalue weighted by atomic mass is 9.85. The van der Waals surface area contributed by atoms with Crippen LogP contribution in [0.15, 0.2) is 23.0 Å². The van der Waals surface area contributed by atoms with Gasteiger partial charge in [-0.3, -0.25) is 4.57 Å². The summed E-state index contributed by atoms with van der Waals surface area (Å²) < 4.78 is 2.02. The number of H-pyrrole nitrogens is 1. The molecule has 2 aliphatic rings. The molecule has 1 N–H and O–H groups in total. The number of benzene rings is 1. The Hall–Kier alpha value is -1.55. The number of nitrogens with zero attached hydrogens (tertiary/aromatic N) is 2. The van der Waals surface area contributed by atoms with E-state index in [2.05, 4.69) is 35.9 Å². The molecule has 0 atom stereocenters. The van der Waals surface area contributed by atoms with Gasteiger partial charge in [0.05, 0.1) is 11.0 Å². The third-order valence-corrected chi connectivity index (χ3v) is 6.24. The molecule has 1 aromatic carbocycles. The predicted molar refractivity (Wildman–Crippen MR) is 98.6 cm³/mol. The third kappa shape index (κ3) is 2.92. The van der Waals surface area contributed by atoms with Gasteiger partial charge < -0.3 is 9.88 Å². The van der Waals surface area contributed by atoms with Gasteiger partial charge in [-0.15, -0.1) is 0 Å². The van der Waals surface area contributed by atoms with E-state index in [4.69, 9.17) is 0 Å². The number of piperidine rings is 1. The predicted octanol–water partition coefficient (Wildman–Crippen LogP) is 3.85. The molecule has 0 radical (unpaired) electrons. The van der Waals surface area contributed by atoms with E-state index in [9.17, 15) is 4.79 Å². The minimum Gasteiger partial charge on any atom is -0.306 e. The largest absolute Gasteiger partial charge is 0.326 e. The average Bonchev–Trinajstić information content (AvgIpc) is 2.91. The number of imidazole rings is 1. The van der Waals surface area contributed by atoms with Crippen molar-refractivity contribution in [3.8, 4) is 0 Å². The fourth-order valence-electron chi connectivity index (χ4n) is 4.71. The van der Waals surface area contributed by atoms with Crippen molar-refractivity contribution in [2.45, 2.75) is 64.5 Å². The normalized spacial score (nSPS) is 26.9. The molecule has 4 nitrogen and oxygen atoms in total. The number of aromatic nitrogens is 2. The van der Waals surface area contributed by atoms with Gasteiger partial charge in [0.2, 0.25) is 0 Å². The monoisotopic (exact) mass is 327 g/mol. The summed E-state index contributed by atoms with van der Waals surface area (Å²) in [5.74, 6) is 0.909. The summed E-state index contributed by atoms with van der Waals surface area (Å²) >= 11 is 0. The first kappa shape index (κ1) is 15.9. The zero-order chi connectivity index (χ0) is 16.7. The standard InChI is InChI=1S/C20H29N3O/c1-14-3-6-16(7-4-14)22-11-9-17(10-12-22)23-19-13-15(2)5-8-18(19)21-20(23)24/h5,8,13-14,16-17H,3-4,6-7,9-12H2,1-2H3,(H,21,24)/t14-,16-. The van der Waals surface area contributed by atoms with Gasteiger partial charge in [0.25, 0.3) is 0 Å². The van der Waals surface area contributed by atoms with Crippen molar-refractivity contribution in [3.05, 3.63) is 34.2 Å². The number of rotatable bonds is 2. The molecule has 4 heteroatoms. The number of aryl methyl sites for hydroxylation is 1. The van der Waals surface area contributed by atoms with Crippen molar-refractivity contribution in [1.29, 1.82) is 0 Å². The Balaban J connectivity index is 1.49. The highest BCUT2D eigenvalue weighted by atomic mass is 16.1. The minimum atomic E-state index is 0.0561. The minimum absolute atomic E-state index is 0.0561. The molecule has 1 aliphatic heterocycles. The lowest BCUT2D eigenvalue weighted by molar-refractivity contribution is 0.0989. The SMILES string of the molecule is Cc1ccc2[nH]c(=O)n(C3CCN([C@H]4CC[C@H](C)CC4)CC3)c2c1. The first-order valence-corrected chi connectivity index (χ1v) is 9.57. The lowest BCUT2D eigenvalue weighted by Gasteiger charge is -2.40. The lowest BCUT2D eigenvalue weighted by Crippen LogP contribution is -2.44. The zero-order valence-corrected chi connectivity index (χ0v) is 14.9. The van der Waals surface area contributed by atoms with E-state index < -0.39 is 0 Å². The van der Waals surface area contributed by atoms with E-state index in [1.807, 2.05) is 10.6 Å². The molecular formula is C20H29N3O. The molecule has 1 aromatic heterocycles. The molecule has 0 bridgehead atoms. The third-order valence-electron chi connectivity index (χ3n) is 6.24.